The molecule has 16 N–H and O–H groups in total. The number of guanidine groups is 1. The predicted molar refractivity (Wildman–Crippen MR) is 513 cm³/mol. The molecular formula is C77H111N25O36P5S4-5. The molecule has 0 aromatic carbocycles. The average Bonchev–Trinajstić information content (AvgIpc) is 1.60. The Morgan fingerprint density at radius 2 is 0.810 bits per heavy atom. The summed E-state index contributed by atoms with van der Waals surface area (Å²) in [5, 5.41) is 14.8. The lowest BCUT2D eigenvalue weighted by Gasteiger charge is -2.37. The minimum Gasteiger partial charge on any atom is -0.780 e. The fourth-order valence-electron chi connectivity index (χ4n) is 17.0. The van der Waals surface area contributed by atoms with Crippen molar-refractivity contribution in [2.75, 3.05) is 169 Å². The Labute approximate surface area is 856 Å². The number of nitrogens with one attached hydrogen (secondary N) is 1. The Morgan fingerprint density at radius 3 is 1.25 bits per heavy atom. The zero-order valence-corrected chi connectivity index (χ0v) is 87.7. The van der Waals surface area contributed by atoms with E-state index in [1.807, 2.05) is 6.92 Å². The number of anilines is 6. The van der Waals surface area contributed by atoms with Crippen LogP contribution < -0.4 is 82.1 Å². The number of phosphoric ester groups is 1. The molecule has 0 radical (unpaired) electrons. The summed E-state index contributed by atoms with van der Waals surface area (Å²) in [4.78, 5) is 149. The van der Waals surface area contributed by atoms with Crippen molar-refractivity contribution in [2.45, 2.75) is 194 Å². The first-order chi connectivity index (χ1) is 70.1. The first kappa shape index (κ1) is 114. The molecule has 29 atom stereocenters. The number of methoxy groups -OCH3 is 5. The van der Waals surface area contributed by atoms with Crippen LogP contribution in [-0.4, -0.2) is 327 Å². The van der Waals surface area contributed by atoms with Crippen molar-refractivity contribution in [1.29, 1.82) is 0 Å². The second kappa shape index (κ2) is 49.4. The number of aliphatic imine (C=N–C) groups is 1. The molecule has 8 aromatic heterocycles. The van der Waals surface area contributed by atoms with Gasteiger partial charge in [0.05, 0.1) is 130 Å². The van der Waals surface area contributed by atoms with E-state index >= 15 is 23.8 Å². The monoisotopic (exact) mass is 2240 g/mol. The van der Waals surface area contributed by atoms with Crippen LogP contribution in [0.4, 0.5) is 34.9 Å². The van der Waals surface area contributed by atoms with Crippen molar-refractivity contribution in [2.24, 2.45) is 16.5 Å². The van der Waals surface area contributed by atoms with Gasteiger partial charge in [-0.3, -0.25) is 36.5 Å². The molecule has 15 heterocycles. The third kappa shape index (κ3) is 26.8. The summed E-state index contributed by atoms with van der Waals surface area (Å²) in [5.74, 6) is -0.594. The zero-order valence-electron chi connectivity index (χ0n) is 80.0. The summed E-state index contributed by atoms with van der Waals surface area (Å²) in [5.41, 5.74) is 42.0. The van der Waals surface area contributed by atoms with Gasteiger partial charge in [-0.05, 0) is 27.2 Å². The van der Waals surface area contributed by atoms with E-state index in [9.17, 15) is 24.4 Å². The van der Waals surface area contributed by atoms with E-state index in [1.165, 1.54) is 116 Å². The summed E-state index contributed by atoms with van der Waals surface area (Å²) in [6.07, 6.45) is -26.2. The third-order valence-electron chi connectivity index (χ3n) is 24.1. The van der Waals surface area contributed by atoms with Gasteiger partial charge in [0.25, 0.3) is 7.82 Å². The van der Waals surface area contributed by atoms with Gasteiger partial charge in [-0.2, -0.15) is 15.0 Å². The molecule has 6 fully saturated rings. The van der Waals surface area contributed by atoms with Crippen molar-refractivity contribution >= 4 is 146 Å². The molecule has 61 nitrogen and oxygen atoms in total. The summed E-state index contributed by atoms with van der Waals surface area (Å²) in [6, 6.07) is 0. The molecule has 8 aromatic rings. The van der Waals surface area contributed by atoms with Crippen molar-refractivity contribution in [3.05, 3.63) is 104 Å². The van der Waals surface area contributed by atoms with Gasteiger partial charge in [-0.25, -0.2) is 54.3 Å². The third-order valence-corrected chi connectivity index (χ3v) is 31.2. The molecule has 0 saturated carbocycles. The molecule has 0 aliphatic carbocycles. The number of fused-ring (bicyclic) bond motifs is 3. The number of nitrogen functional groups attached to an aromatic ring is 5. The van der Waals surface area contributed by atoms with E-state index < -0.39 is 239 Å². The zero-order chi connectivity index (χ0) is 105. The summed E-state index contributed by atoms with van der Waals surface area (Å²) in [7, 11) is 0.638. The maximum absolute atomic E-state index is 15.7. The largest absolute Gasteiger partial charge is 0.780 e. The van der Waals surface area contributed by atoms with E-state index in [0.717, 1.165) is 13.7 Å². The quantitative estimate of drug-likeness (QED) is 0.0103. The van der Waals surface area contributed by atoms with Crippen LogP contribution in [0.2, 0.25) is 0 Å². The van der Waals surface area contributed by atoms with Crippen molar-refractivity contribution < 1.29 is 155 Å². The predicted octanol–water partition coefficient (Wildman–Crippen LogP) is -3.15. The minimum atomic E-state index is -6.15. The van der Waals surface area contributed by atoms with Crippen LogP contribution in [-0.2, 0) is 178 Å². The molecule has 7 aliphatic rings. The van der Waals surface area contributed by atoms with Gasteiger partial charge in [-0.1, -0.05) is 48.8 Å². The SMILES string of the molecule is CCC[C@H]1O[C@@H](n2cnc3c(N)ncnc32)CC1OP([O-])(=S)OC[C@H]1O[C@@H](n2cc(C)c(N)nc2=O)[C@@H](OCCOC)C1OP(=O)([S-])OC[C@H]1O[C@@H](n2cc(C)c(N)nc2=O)[C@@H](OCCOC)C1OP(=O)([O-])OC[C@H]1O[C@@H](n2cnc3c2NC(N)=NC3N)[C@@H](OCCOC)C1OP([O-])(=S)OC[C@H]1O[C@@H](n2cc(C)c(N)nc2=O)[C@@H](OCCOC)C1OP([O-])(=S)OC[C@H]1O[C@@H](n2cnc3c(N)ncnc32)[C@@H](OCCOC)C1O. The molecule has 0 bridgehead atoms. The lowest BCUT2D eigenvalue weighted by atomic mass is 10.1. The number of rotatable bonds is 53. The smallest absolute Gasteiger partial charge is 0.351 e. The van der Waals surface area contributed by atoms with Gasteiger partial charge in [0.2, 0.25) is 0 Å². The number of hydrogen-bond donors (Lipinski definition) is 9. The van der Waals surface area contributed by atoms with Crippen LogP contribution in [0.1, 0.15) is 92.1 Å². The summed E-state index contributed by atoms with van der Waals surface area (Å²) < 4.78 is 196. The fourth-order valence-corrected chi connectivity index (χ4v) is 23.7. The number of nitrogens with two attached hydrogens (primary N) is 7. The molecule has 7 aliphatic heterocycles. The van der Waals surface area contributed by atoms with Crippen LogP contribution >= 0.6 is 34.8 Å². The molecule has 147 heavy (non-hydrogen) atoms. The number of aromatic nitrogens is 16. The van der Waals surface area contributed by atoms with Gasteiger partial charge < -0.3 is 203 Å². The maximum atomic E-state index is 15.7. The number of ether oxygens (including phenoxy) is 16. The van der Waals surface area contributed by atoms with Crippen LogP contribution in [0.5, 0.6) is 0 Å². The normalized spacial score (nSPS) is 29.8. The number of aliphatic hydroxyl groups excluding tert-OH is 1. The number of aliphatic hydroxyl groups is 1. The van der Waals surface area contributed by atoms with E-state index in [0.29, 0.717) is 24.0 Å². The van der Waals surface area contributed by atoms with E-state index in [1.54, 1.807) is 4.57 Å². The van der Waals surface area contributed by atoms with Gasteiger partial charge >= 0.3 is 17.1 Å². The Balaban J connectivity index is 0.718. The summed E-state index contributed by atoms with van der Waals surface area (Å²) in [6.45, 7) is -20.9. The van der Waals surface area contributed by atoms with Gasteiger partial charge in [0.15, 0.2) is 66.8 Å². The molecular weight excluding hydrogens is 2130 g/mol. The molecule has 15 rings (SSSR count). The average molecular weight is 2250 g/mol. The van der Waals surface area contributed by atoms with Crippen molar-refractivity contribution in [3.8, 4) is 0 Å². The standard InChI is InChI=1S/C77H116N25O36P5S4/c1-10-11-39-40(22-46(128-39)100-33-89-47-63(81)85-31-87-66(47)100)134-140(109,144)125-29-44-53(57(120-19-14-115-7)71(131-44)98-24-37(3)61(79)94-76(98)105)138-142(111,146)126-28-43-51(56(119-18-13-114-6)70(130-43)97-23-36(2)60(78)93-75(97)104)135-139(107,108)123-27-42-52(59(122-21-16-117-9)73(133-42)102-35-91-49-65(83)92-74(84)96-68(49)102)136-143(112,147)127-30-45-54(58(121-20-15-116-8)72(132-45)99-25-38(4)62(80)95-77(99)106)137-141(110,145)124-26-41-50(103)55(118-17-12-113-5)69(129-41)101-34-90-48-64(82)86-32-88-67(48)101/h23-25,31-35,39-46,50-59,65,69-73,103H,10-22,26-30,83H2,1-9H3,(H,107,108)(H,109,144)(H,110,145)(H,111,146)(H,112,147)(H2,78,93,104)(H2,79,94,105)(H2,80,95,106)(H2,81,85,87)(H2,82,86,88)(H3,84,92,96)/p-5/t39-,40?,41-,42-,43-,44-,45-,46-,50?,51?,52?,53?,54?,55+,56+,57+,58+,59+,65?,69-,70-,71-,72-,73-,140?,141?,142?,143?/m1/s1. The maximum Gasteiger partial charge on any atom is 0.351 e. The Kier molecular flexibility index (Phi) is 38.2. The Bertz CT molecular complexity index is 6380. The molecule has 12 unspecified atom stereocenters. The van der Waals surface area contributed by atoms with Crippen LogP contribution in [0, 0.1) is 20.8 Å². The second-order valence-corrected chi connectivity index (χ2v) is 46.1. The lowest BCUT2D eigenvalue weighted by Crippen LogP contribution is -2.42. The van der Waals surface area contributed by atoms with Crippen molar-refractivity contribution in [1.82, 2.24) is 77.2 Å². The van der Waals surface area contributed by atoms with E-state index in [2.05, 4.69) is 60.1 Å². The minimum absolute atomic E-state index is 0.0281. The first-order valence-corrected chi connectivity index (χ1v) is 56.9. The topological polar surface area (TPSA) is 803 Å². The second-order valence-electron chi connectivity index (χ2n) is 33.9. The highest BCUT2D eigenvalue weighted by Crippen LogP contribution is 2.57. The van der Waals surface area contributed by atoms with Crippen LogP contribution in [0.3, 0.4) is 0 Å². The van der Waals surface area contributed by atoms with Gasteiger partial charge in [0.1, 0.15) is 177 Å². The van der Waals surface area contributed by atoms with E-state index in [4.69, 9.17) is 209 Å². The highest BCUT2D eigenvalue weighted by molar-refractivity contribution is 8.32. The van der Waals surface area contributed by atoms with Crippen LogP contribution in [0.15, 0.2) is 69.6 Å². The number of hydrogen-bond acceptors (Lipinski definition) is 59. The number of nitrogens with zero attached hydrogens (tertiary/aromatic N) is 17. The number of imidazole rings is 3. The first-order valence-electron chi connectivity index (χ1n) is 45.2. The lowest BCUT2D eigenvalue weighted by molar-refractivity contribution is -0.238. The molecule has 814 valence electrons. The number of aryl methyl sites for hydroxylation is 3. The molecule has 70 heteroatoms. The number of phosphoric acid groups is 1. The van der Waals surface area contributed by atoms with E-state index in [-0.39, 0.29) is 140 Å². The Morgan fingerprint density at radius 1 is 0.442 bits per heavy atom. The van der Waals surface area contributed by atoms with Gasteiger partial charge in [0, 0.05) is 77.3 Å². The Hall–Kier alpha value is -7.30. The fraction of sp³-hybridized carbons (Fsp3) is 0.662. The van der Waals surface area contributed by atoms with Crippen LogP contribution in [0.25, 0.3) is 22.3 Å². The summed E-state index contributed by atoms with van der Waals surface area (Å²) >= 11 is 22.7. The van der Waals surface area contributed by atoms with Crippen molar-refractivity contribution in [3.63, 3.8) is 0 Å². The highest BCUT2D eigenvalue weighted by atomic mass is 32.7. The molecule has 0 spiro atoms. The molecule has 6 saturated heterocycles. The highest BCUT2D eigenvalue weighted by Gasteiger charge is 2.57. The van der Waals surface area contributed by atoms with Gasteiger partial charge in [-0.15, -0.1) is 0 Å². The molecule has 0 amide bonds.